The zero-order valence-electron chi connectivity index (χ0n) is 25.4. The van der Waals surface area contributed by atoms with E-state index in [1.807, 2.05) is 0 Å². The first-order chi connectivity index (χ1) is 21.9. The fourth-order valence-corrected chi connectivity index (χ4v) is 6.81. The zero-order chi connectivity index (χ0) is 36.6. The smallest absolute Gasteiger partial charge is 0.417 e. The summed E-state index contributed by atoms with van der Waals surface area (Å²) in [5, 5.41) is 17.1. The van der Waals surface area contributed by atoms with Gasteiger partial charge in [-0.25, -0.2) is 21.5 Å². The number of sulfone groups is 2. The number of hydrogen-bond donors (Lipinski definition) is 0. The summed E-state index contributed by atoms with van der Waals surface area (Å²) in [4.78, 5) is 50.9. The number of nitro groups is 1. The molecule has 0 amide bonds. The fraction of sp³-hybridized carbons (Fsp3) is 0.500. The number of Topliss-reactive ketones (excluding diaryl/α,β-unsaturated/α-hetero) is 3. The molecule has 22 heteroatoms. The van der Waals surface area contributed by atoms with Crippen LogP contribution in [0.15, 0.2) is 28.3 Å². The molecule has 1 aromatic heterocycles. The summed E-state index contributed by atoms with van der Waals surface area (Å²) in [7, 11) is -7.13. The molecule has 0 saturated heterocycles. The fourth-order valence-electron chi connectivity index (χ4n) is 4.64. The van der Waals surface area contributed by atoms with Crippen LogP contribution in [-0.2, 0) is 53.1 Å². The van der Waals surface area contributed by atoms with Crippen LogP contribution in [-0.4, -0.2) is 72.4 Å². The summed E-state index contributed by atoms with van der Waals surface area (Å²) in [5.74, 6) is -5.85. The maximum absolute atomic E-state index is 13.1. The molecule has 264 valence electrons. The monoisotopic (exact) mass is 730 g/mol. The van der Waals surface area contributed by atoms with Crippen molar-refractivity contribution >= 4 is 47.8 Å². The lowest BCUT2D eigenvalue weighted by molar-refractivity contribution is -0.385. The molecule has 1 aliphatic heterocycles. The number of benzene rings is 1. The topological polar surface area (TPSA) is 211 Å². The van der Waals surface area contributed by atoms with E-state index in [1.165, 1.54) is 13.8 Å². The number of ketones is 3. The predicted octanol–water partition coefficient (Wildman–Crippen LogP) is 3.59. The van der Waals surface area contributed by atoms with E-state index in [9.17, 15) is 63.3 Å². The van der Waals surface area contributed by atoms with Gasteiger partial charge in [0.25, 0.3) is 5.69 Å². The molecule has 2 heterocycles. The second-order valence-corrected chi connectivity index (χ2v) is 15.2. The molecule has 0 unspecified atom stereocenters. The quantitative estimate of drug-likeness (QED) is 0.125. The molecule has 1 aliphatic carbocycles. The summed E-state index contributed by atoms with van der Waals surface area (Å²) in [5.41, 5.74) is -4.73. The van der Waals surface area contributed by atoms with E-state index in [0.29, 0.717) is 11.1 Å². The van der Waals surface area contributed by atoms with Gasteiger partial charge < -0.3 is 9.57 Å². The predicted molar refractivity (Wildman–Crippen MR) is 153 cm³/mol. The molecule has 0 atom stereocenters. The molecule has 15 nitrogen and oxygen atoms in total. The molecular weight excluding hydrogens is 703 g/mol. The minimum absolute atomic E-state index is 0.0668. The first kappa shape index (κ1) is 38.1. The van der Waals surface area contributed by atoms with E-state index in [4.69, 9.17) is 4.84 Å². The van der Waals surface area contributed by atoms with Gasteiger partial charge in [0, 0.05) is 38.6 Å². The summed E-state index contributed by atoms with van der Waals surface area (Å²) in [6, 6.07) is 2.79. The van der Waals surface area contributed by atoms with Crippen LogP contribution in [0.4, 0.5) is 27.6 Å². The molecule has 1 fully saturated rings. The lowest BCUT2D eigenvalue weighted by Gasteiger charge is -2.18. The van der Waals surface area contributed by atoms with Crippen LogP contribution >= 0.6 is 0 Å². The van der Waals surface area contributed by atoms with Crippen molar-refractivity contribution in [1.29, 1.82) is 0 Å². The third-order valence-corrected chi connectivity index (χ3v) is 9.55. The van der Waals surface area contributed by atoms with E-state index in [-0.39, 0.29) is 24.2 Å². The number of nitrogens with zero attached hydrogens (tertiary/aromatic N) is 4. The van der Waals surface area contributed by atoms with Gasteiger partial charge in [0.05, 0.1) is 26.7 Å². The van der Waals surface area contributed by atoms with Gasteiger partial charge in [-0.05, 0) is 32.4 Å². The first-order valence-corrected chi connectivity index (χ1v) is 17.0. The van der Waals surface area contributed by atoms with Gasteiger partial charge in [-0.3, -0.25) is 24.5 Å². The normalized spacial score (nSPS) is 17.0. The Morgan fingerprint density at radius 1 is 1.17 bits per heavy atom. The van der Waals surface area contributed by atoms with E-state index >= 15 is 0 Å². The highest BCUT2D eigenvalue weighted by Gasteiger charge is 2.44. The van der Waals surface area contributed by atoms with Gasteiger partial charge in [-0.2, -0.15) is 27.1 Å². The number of nitro benzene ring substituents is 1. The molecule has 1 aromatic carbocycles. The van der Waals surface area contributed by atoms with Gasteiger partial charge in [0.1, 0.15) is 11.5 Å². The van der Waals surface area contributed by atoms with Crippen molar-refractivity contribution in [2.75, 3.05) is 6.26 Å². The highest BCUT2D eigenvalue weighted by atomic mass is 32.2. The number of alkyl halides is 5. The first-order valence-electron chi connectivity index (χ1n) is 13.5. The number of carbonyl (C=O) groups excluding carboxylic acids is 3. The maximum atomic E-state index is 13.1. The van der Waals surface area contributed by atoms with Crippen LogP contribution in [0, 0.1) is 16.0 Å². The van der Waals surface area contributed by atoms with Gasteiger partial charge >= 0.3 is 12.8 Å². The zero-order valence-corrected chi connectivity index (χ0v) is 27.0. The maximum Gasteiger partial charge on any atom is 0.435 e. The molecule has 0 spiro atoms. The van der Waals surface area contributed by atoms with Gasteiger partial charge in [-0.15, -0.1) is 0 Å². The Morgan fingerprint density at radius 3 is 2.21 bits per heavy atom. The van der Waals surface area contributed by atoms with Gasteiger partial charge in [0.2, 0.25) is 5.88 Å². The highest BCUT2D eigenvalue weighted by Crippen LogP contribution is 2.38. The van der Waals surface area contributed by atoms with Crippen molar-refractivity contribution in [2.24, 2.45) is 18.1 Å². The summed E-state index contributed by atoms with van der Waals surface area (Å²) < 4.78 is 116. The second-order valence-electron chi connectivity index (χ2n) is 11.2. The van der Waals surface area contributed by atoms with Crippen LogP contribution in [0.1, 0.15) is 61.1 Å². The second kappa shape index (κ2) is 13.6. The van der Waals surface area contributed by atoms with E-state index < -0.39 is 105 Å². The molecule has 0 bridgehead atoms. The molecule has 0 radical (unpaired) electrons. The number of aryl methyl sites for hydroxylation is 1. The van der Waals surface area contributed by atoms with Crippen LogP contribution < -0.4 is 4.74 Å². The van der Waals surface area contributed by atoms with E-state index in [0.717, 1.165) is 31.5 Å². The molecule has 2 aliphatic rings. The Morgan fingerprint density at radius 2 is 1.75 bits per heavy atom. The molecular formula is C26H27F5N4O11S2. The summed E-state index contributed by atoms with van der Waals surface area (Å²) in [6.45, 7) is -0.380. The largest absolute Gasteiger partial charge is 0.435 e. The van der Waals surface area contributed by atoms with E-state index in [1.54, 1.807) is 0 Å². The van der Waals surface area contributed by atoms with Crippen molar-refractivity contribution in [3.63, 3.8) is 0 Å². The third kappa shape index (κ3) is 8.76. The number of oxime groups is 1. The van der Waals surface area contributed by atoms with Crippen molar-refractivity contribution in [3.8, 4) is 5.88 Å². The average molecular weight is 731 g/mol. The average Bonchev–Trinajstić information content (AvgIpc) is 3.46. The number of halogens is 5. The SMILES string of the molecule is CS(=O)(=O)c1ccc(C(=O)C2C(=O)CCCC2=O)c([N+](=O)[O-])c1.Cn1nc(C(F)(F)F)c(CS(=O)(=O)C2=NOC(C)(C)C2)c1OC(F)F. The van der Waals surface area contributed by atoms with Crippen molar-refractivity contribution in [3.05, 3.63) is 45.1 Å². The Balaban J connectivity index is 0.000000261. The molecule has 4 rings (SSSR count). The molecule has 2 aromatic rings. The summed E-state index contributed by atoms with van der Waals surface area (Å²) >= 11 is 0. The van der Waals surface area contributed by atoms with Crippen molar-refractivity contribution < 1.29 is 67.7 Å². The Labute approximate surface area is 269 Å². The standard InChI is InChI=1S/C14H13NO7S.C12H14F5N3O4S/c1-23(21,22)8-5-6-9(10(7-8)15(19)20)14(18)13-11(16)3-2-4-12(13)17;1-11(2)4-7(19-24-11)25(21,22)5-6-8(12(15,16)17)18-20(3)9(6)23-10(13)14/h5-7,13H,2-4H2,1H3;10H,4-5H2,1-3H3. The minimum atomic E-state index is -5.06. The third-order valence-electron chi connectivity index (χ3n) is 6.83. The van der Waals surface area contributed by atoms with Crippen LogP contribution in [0.2, 0.25) is 0 Å². The molecule has 1 saturated carbocycles. The molecule has 48 heavy (non-hydrogen) atoms. The van der Waals surface area contributed by atoms with Gasteiger partial charge in [0.15, 0.2) is 47.8 Å². The minimum Gasteiger partial charge on any atom is -0.417 e. The van der Waals surface area contributed by atoms with Crippen LogP contribution in [0.25, 0.3) is 0 Å². The Bertz CT molecular complexity index is 1890. The lowest BCUT2D eigenvalue weighted by Crippen LogP contribution is -2.35. The summed E-state index contributed by atoms with van der Waals surface area (Å²) in [6.07, 6.45) is -3.85. The number of carbonyl (C=O) groups is 3. The van der Waals surface area contributed by atoms with Crippen LogP contribution in [0.3, 0.4) is 0 Å². The number of rotatable bonds is 8. The Hall–Kier alpha value is -4.34. The molecule has 0 N–H and O–H groups in total. The lowest BCUT2D eigenvalue weighted by atomic mass is 9.81. The van der Waals surface area contributed by atoms with Crippen molar-refractivity contribution in [2.45, 2.75) is 68.6 Å². The van der Waals surface area contributed by atoms with Crippen molar-refractivity contribution in [1.82, 2.24) is 9.78 Å². The Kier molecular flexibility index (Phi) is 10.8. The number of ether oxygens (including phenoxy) is 1. The highest BCUT2D eigenvalue weighted by molar-refractivity contribution is 8.05. The van der Waals surface area contributed by atoms with Crippen LogP contribution in [0.5, 0.6) is 5.88 Å². The van der Waals surface area contributed by atoms with E-state index in [2.05, 4.69) is 15.0 Å². The van der Waals surface area contributed by atoms with Gasteiger partial charge in [-0.1, -0.05) is 5.16 Å². The number of aromatic nitrogens is 2. The number of hydrogen-bond acceptors (Lipinski definition) is 13.